The first-order valence-electron chi connectivity index (χ1n) is 20.8. The van der Waals surface area contributed by atoms with Crippen molar-refractivity contribution in [2.75, 3.05) is 110 Å². The number of sulfone groups is 1. The zero-order chi connectivity index (χ0) is 38.9. The van der Waals surface area contributed by atoms with Gasteiger partial charge >= 0.3 is 6.09 Å². The molecule has 12 nitrogen and oxygen atoms in total. The number of morpholine rings is 1. The maximum absolute atomic E-state index is 15.0. The standard InChI is InChI=1S/C42H59FN6O6S/c1-54-41(51)44-39-8-3-7-38(39)42(30-47-15-4-16-47,33-5-2-6-34(43)23-33)32-13-17-45(18-14-32)24-31-25-48(26-31)35-9-11-36(12-10-35)56(52,53)37-27-49(28-37)40(50)29-46-19-21-55-22-20-46/h2,5-6,9-12,23,31-32,37-39H,3-4,7-8,13-22,24-30H2,1H3,(H,44,51)/t38-,39-,42-/m0/s1. The lowest BCUT2D eigenvalue weighted by Crippen LogP contribution is -2.60. The van der Waals surface area contributed by atoms with E-state index in [0.717, 1.165) is 109 Å². The van der Waals surface area contributed by atoms with E-state index in [4.69, 9.17) is 9.47 Å². The van der Waals surface area contributed by atoms with Gasteiger partial charge in [0, 0.05) is 75.4 Å². The summed E-state index contributed by atoms with van der Waals surface area (Å²) in [6.07, 6.45) is 5.79. The van der Waals surface area contributed by atoms with Crippen molar-refractivity contribution in [1.82, 2.24) is 24.9 Å². The zero-order valence-electron chi connectivity index (χ0n) is 32.8. The second-order valence-corrected chi connectivity index (χ2v) is 19.4. The highest BCUT2D eigenvalue weighted by molar-refractivity contribution is 7.92. The van der Waals surface area contributed by atoms with Crippen molar-refractivity contribution in [2.45, 2.75) is 60.1 Å². The minimum atomic E-state index is -3.52. The number of nitrogens with zero attached hydrogens (tertiary/aromatic N) is 5. The molecule has 0 spiro atoms. The summed E-state index contributed by atoms with van der Waals surface area (Å²) in [5.74, 6) is 0.866. The fourth-order valence-corrected chi connectivity index (χ4v) is 12.2. The van der Waals surface area contributed by atoms with Gasteiger partial charge in [0.1, 0.15) is 11.1 Å². The third-order valence-electron chi connectivity index (χ3n) is 13.9. The molecular weight excluding hydrogens is 736 g/mol. The second-order valence-electron chi connectivity index (χ2n) is 17.2. The van der Waals surface area contributed by atoms with Gasteiger partial charge in [-0.15, -0.1) is 0 Å². The fraction of sp³-hybridized carbons (Fsp3) is 0.667. The minimum absolute atomic E-state index is 0.00912. The van der Waals surface area contributed by atoms with Crippen LogP contribution in [0.3, 0.4) is 0 Å². The number of alkyl carbamates (subject to hydrolysis) is 1. The molecule has 8 rings (SSSR count). The first-order valence-corrected chi connectivity index (χ1v) is 22.4. The summed E-state index contributed by atoms with van der Waals surface area (Å²) in [5.41, 5.74) is 1.83. The number of likely N-dealkylation sites (tertiary alicyclic amines) is 3. The van der Waals surface area contributed by atoms with Crippen molar-refractivity contribution < 1.29 is 31.9 Å². The predicted molar refractivity (Wildman–Crippen MR) is 212 cm³/mol. The SMILES string of the molecule is COC(=O)N[C@H]1CCC[C@@H]1[C@](CN1CCC1)(c1cccc(F)c1)C1CCN(CC2CN(c3ccc(S(=O)(=O)C4CN(C(=O)CN5CCOCC5)C4)cc3)C2)CC1. The number of carbonyl (C=O) groups excluding carboxylic acids is 2. The second kappa shape index (κ2) is 16.9. The van der Waals surface area contributed by atoms with Crippen LogP contribution in [0.5, 0.6) is 0 Å². The lowest BCUT2D eigenvalue weighted by Gasteiger charge is -2.54. The number of nitrogens with one attached hydrogen (secondary N) is 1. The van der Waals surface area contributed by atoms with Crippen LogP contribution in [0.4, 0.5) is 14.9 Å². The Morgan fingerprint density at radius 2 is 1.61 bits per heavy atom. The van der Waals surface area contributed by atoms with Crippen LogP contribution < -0.4 is 10.2 Å². The summed E-state index contributed by atoms with van der Waals surface area (Å²) in [6.45, 7) is 11.4. The average molecular weight is 795 g/mol. The molecule has 1 aliphatic carbocycles. The van der Waals surface area contributed by atoms with E-state index in [0.29, 0.717) is 36.5 Å². The molecular formula is C42H59FN6O6S. The number of piperidine rings is 1. The lowest BCUT2D eigenvalue weighted by atomic mass is 9.57. The van der Waals surface area contributed by atoms with Gasteiger partial charge in [-0.3, -0.25) is 9.69 Å². The number of rotatable bonds is 13. The molecule has 1 saturated carbocycles. The molecule has 56 heavy (non-hydrogen) atoms. The van der Waals surface area contributed by atoms with Gasteiger partial charge < -0.3 is 34.4 Å². The molecule has 0 unspecified atom stereocenters. The Hall–Kier alpha value is -3.30. The van der Waals surface area contributed by atoms with E-state index in [9.17, 15) is 18.0 Å². The third kappa shape index (κ3) is 8.18. The maximum atomic E-state index is 15.0. The molecule has 1 N–H and O–H groups in total. The quantitative estimate of drug-likeness (QED) is 0.324. The number of methoxy groups -OCH3 is 1. The van der Waals surface area contributed by atoms with Crippen LogP contribution in [-0.2, 0) is 29.5 Å². The smallest absolute Gasteiger partial charge is 0.407 e. The molecule has 0 aromatic heterocycles. The molecule has 2 amide bonds. The zero-order valence-corrected chi connectivity index (χ0v) is 33.6. The monoisotopic (exact) mass is 794 g/mol. The van der Waals surface area contributed by atoms with Crippen molar-refractivity contribution in [3.8, 4) is 0 Å². The summed E-state index contributed by atoms with van der Waals surface area (Å²) < 4.78 is 52.2. The molecule has 2 aromatic carbocycles. The van der Waals surface area contributed by atoms with Gasteiger partial charge in [-0.25, -0.2) is 17.6 Å². The van der Waals surface area contributed by atoms with Gasteiger partial charge in [0.05, 0.1) is 31.8 Å². The fourth-order valence-electron chi connectivity index (χ4n) is 10.6. The topological polar surface area (TPSA) is 115 Å². The van der Waals surface area contributed by atoms with E-state index in [-0.39, 0.29) is 48.3 Å². The number of benzene rings is 2. The summed E-state index contributed by atoms with van der Waals surface area (Å²) in [4.78, 5) is 36.7. The Balaban J connectivity index is 0.855. The number of hydrogen-bond donors (Lipinski definition) is 1. The van der Waals surface area contributed by atoms with Crippen LogP contribution in [0.1, 0.15) is 44.1 Å². The van der Waals surface area contributed by atoms with Crippen molar-refractivity contribution in [1.29, 1.82) is 0 Å². The Bertz CT molecular complexity index is 1790. The molecule has 0 bridgehead atoms. The van der Waals surface area contributed by atoms with Crippen molar-refractivity contribution in [3.63, 3.8) is 0 Å². The largest absolute Gasteiger partial charge is 0.453 e. The van der Waals surface area contributed by atoms with Crippen LogP contribution in [0.15, 0.2) is 53.4 Å². The van der Waals surface area contributed by atoms with Crippen LogP contribution in [0, 0.1) is 23.6 Å². The Morgan fingerprint density at radius 3 is 2.27 bits per heavy atom. The third-order valence-corrected chi connectivity index (χ3v) is 16.0. The molecule has 0 radical (unpaired) electrons. The first kappa shape index (κ1) is 39.5. The van der Waals surface area contributed by atoms with Crippen LogP contribution in [0.25, 0.3) is 0 Å². The Morgan fingerprint density at radius 1 is 0.875 bits per heavy atom. The molecule has 5 saturated heterocycles. The summed E-state index contributed by atoms with van der Waals surface area (Å²) in [7, 11) is -2.10. The molecule has 3 atom stereocenters. The van der Waals surface area contributed by atoms with Gasteiger partial charge in [-0.2, -0.15) is 0 Å². The minimum Gasteiger partial charge on any atom is -0.453 e. The molecule has 6 aliphatic rings. The first-order chi connectivity index (χ1) is 27.1. The number of ether oxygens (including phenoxy) is 2. The van der Waals surface area contributed by atoms with Gasteiger partial charge in [0.15, 0.2) is 9.84 Å². The molecule has 306 valence electrons. The predicted octanol–water partition coefficient (Wildman–Crippen LogP) is 3.46. The van der Waals surface area contributed by atoms with Crippen molar-refractivity contribution >= 4 is 27.5 Å². The molecule has 5 heterocycles. The normalized spacial score (nSPS) is 25.9. The van der Waals surface area contributed by atoms with E-state index in [1.807, 2.05) is 18.2 Å². The highest BCUT2D eigenvalue weighted by Gasteiger charge is 2.53. The lowest BCUT2D eigenvalue weighted by molar-refractivity contribution is -0.136. The number of carbonyl (C=O) groups is 2. The number of halogens is 1. The molecule has 14 heteroatoms. The van der Waals surface area contributed by atoms with Crippen LogP contribution >= 0.6 is 0 Å². The number of anilines is 1. The van der Waals surface area contributed by atoms with Gasteiger partial charge in [0.2, 0.25) is 5.91 Å². The highest BCUT2D eigenvalue weighted by Crippen LogP contribution is 2.51. The summed E-state index contributed by atoms with van der Waals surface area (Å²) >= 11 is 0. The molecule has 2 aromatic rings. The van der Waals surface area contributed by atoms with Crippen molar-refractivity contribution in [2.24, 2.45) is 17.8 Å². The summed E-state index contributed by atoms with van der Waals surface area (Å²) in [6, 6.07) is 14.6. The van der Waals surface area contributed by atoms with Gasteiger partial charge in [-0.1, -0.05) is 18.6 Å². The number of hydrogen-bond acceptors (Lipinski definition) is 10. The number of amides is 2. The molecule has 5 aliphatic heterocycles. The van der Waals surface area contributed by atoms with E-state index >= 15 is 4.39 Å². The highest BCUT2D eigenvalue weighted by atomic mass is 32.2. The Labute approximate surface area is 331 Å². The Kier molecular flexibility index (Phi) is 11.9. The van der Waals surface area contributed by atoms with E-state index in [2.05, 4.69) is 31.0 Å². The van der Waals surface area contributed by atoms with Crippen LogP contribution in [0.2, 0.25) is 0 Å². The maximum Gasteiger partial charge on any atom is 0.407 e. The van der Waals surface area contributed by atoms with E-state index < -0.39 is 15.1 Å². The van der Waals surface area contributed by atoms with E-state index in [1.165, 1.54) is 13.5 Å². The van der Waals surface area contributed by atoms with Gasteiger partial charge in [0.25, 0.3) is 0 Å². The van der Waals surface area contributed by atoms with E-state index in [1.54, 1.807) is 29.2 Å². The van der Waals surface area contributed by atoms with Gasteiger partial charge in [-0.05, 0) is 112 Å². The molecule has 6 fully saturated rings. The van der Waals surface area contributed by atoms with Crippen LogP contribution in [-0.4, -0.2) is 157 Å². The summed E-state index contributed by atoms with van der Waals surface area (Å²) in [5, 5.41) is 2.62. The average Bonchev–Trinajstić information content (AvgIpc) is 3.61. The van der Waals surface area contributed by atoms with Crippen molar-refractivity contribution in [3.05, 3.63) is 59.9 Å².